The van der Waals surface area contributed by atoms with Crippen molar-refractivity contribution in [2.75, 3.05) is 5.32 Å². The van der Waals surface area contributed by atoms with Gasteiger partial charge in [0.15, 0.2) is 0 Å². The fourth-order valence-corrected chi connectivity index (χ4v) is 3.05. The van der Waals surface area contributed by atoms with Crippen LogP contribution in [0.5, 0.6) is 0 Å². The van der Waals surface area contributed by atoms with Gasteiger partial charge in [-0.15, -0.1) is 0 Å². The zero-order valence-electron chi connectivity index (χ0n) is 13.0. The average molecular weight is 316 g/mol. The zero-order chi connectivity index (χ0) is 16.5. The monoisotopic (exact) mass is 316 g/mol. The van der Waals surface area contributed by atoms with Crippen molar-refractivity contribution in [3.63, 3.8) is 0 Å². The van der Waals surface area contributed by atoms with E-state index < -0.39 is 6.04 Å². The normalized spacial score (nSPS) is 16.9. The first-order valence-corrected chi connectivity index (χ1v) is 7.89. The van der Waals surface area contributed by atoms with E-state index in [9.17, 15) is 9.59 Å². The molecule has 0 aliphatic carbocycles. The molecule has 0 fully saturated rings. The summed E-state index contributed by atoms with van der Waals surface area (Å²) in [5.74, 6) is -0.420. The molecule has 4 nitrogen and oxygen atoms in total. The second kappa shape index (κ2) is 5.81. The summed E-state index contributed by atoms with van der Waals surface area (Å²) in [7, 11) is 0. The zero-order valence-corrected chi connectivity index (χ0v) is 13.0. The summed E-state index contributed by atoms with van der Waals surface area (Å²) in [6.45, 7) is 0. The van der Waals surface area contributed by atoms with Crippen LogP contribution in [0.25, 0.3) is 10.8 Å². The number of carbonyl (C=O) groups is 2. The summed E-state index contributed by atoms with van der Waals surface area (Å²) in [6.07, 6.45) is 0.464. The Balaban J connectivity index is 1.69. The topological polar surface area (TPSA) is 58.2 Å². The maximum Gasteiger partial charge on any atom is 0.254 e. The molecule has 0 spiro atoms. The van der Waals surface area contributed by atoms with Gasteiger partial charge < -0.3 is 10.6 Å². The second-order valence-corrected chi connectivity index (χ2v) is 5.95. The first kappa shape index (κ1) is 14.5. The van der Waals surface area contributed by atoms with Crippen molar-refractivity contribution in [2.45, 2.75) is 12.5 Å². The van der Waals surface area contributed by atoms with Gasteiger partial charge in [0.05, 0.1) is 11.3 Å². The lowest BCUT2D eigenvalue weighted by Gasteiger charge is -2.14. The van der Waals surface area contributed by atoms with E-state index in [1.54, 1.807) is 0 Å². The van der Waals surface area contributed by atoms with Gasteiger partial charge in [0.25, 0.3) is 5.91 Å². The van der Waals surface area contributed by atoms with Gasteiger partial charge in [0.2, 0.25) is 5.91 Å². The van der Waals surface area contributed by atoms with Gasteiger partial charge in [0.1, 0.15) is 6.04 Å². The van der Waals surface area contributed by atoms with Crippen LogP contribution in [0.3, 0.4) is 0 Å². The number of hydrogen-bond donors (Lipinski definition) is 2. The number of hydrogen-bond acceptors (Lipinski definition) is 2. The summed E-state index contributed by atoms with van der Waals surface area (Å²) >= 11 is 0. The molecule has 2 N–H and O–H groups in total. The Morgan fingerprint density at radius 1 is 0.833 bits per heavy atom. The van der Waals surface area contributed by atoms with E-state index in [1.165, 1.54) is 0 Å². The summed E-state index contributed by atoms with van der Waals surface area (Å²) < 4.78 is 0. The number of fused-ring (bicyclic) bond motifs is 2. The van der Waals surface area contributed by atoms with E-state index in [0.29, 0.717) is 17.7 Å². The van der Waals surface area contributed by atoms with Crippen LogP contribution in [0.1, 0.15) is 15.9 Å². The molecule has 3 aromatic rings. The van der Waals surface area contributed by atoms with Crippen molar-refractivity contribution in [2.24, 2.45) is 0 Å². The lowest BCUT2D eigenvalue weighted by molar-refractivity contribution is -0.117. The van der Waals surface area contributed by atoms with E-state index in [1.807, 2.05) is 66.7 Å². The van der Waals surface area contributed by atoms with Crippen LogP contribution in [0.15, 0.2) is 66.7 Å². The third-order valence-electron chi connectivity index (χ3n) is 4.29. The highest BCUT2D eigenvalue weighted by Gasteiger charge is 2.28. The highest BCUT2D eigenvalue weighted by Crippen LogP contribution is 2.26. The molecule has 3 aromatic carbocycles. The largest absolute Gasteiger partial charge is 0.340 e. The molecule has 1 aliphatic rings. The summed E-state index contributed by atoms with van der Waals surface area (Å²) in [4.78, 5) is 25.1. The summed E-state index contributed by atoms with van der Waals surface area (Å²) in [5, 5.41) is 7.71. The van der Waals surface area contributed by atoms with Gasteiger partial charge in [-0.25, -0.2) is 0 Å². The van der Waals surface area contributed by atoms with Crippen molar-refractivity contribution in [3.05, 3.63) is 77.9 Å². The molecule has 1 aliphatic heterocycles. The number of anilines is 1. The molecule has 1 atom stereocenters. The third-order valence-corrected chi connectivity index (χ3v) is 4.29. The summed E-state index contributed by atoms with van der Waals surface area (Å²) in [6, 6.07) is 20.6. The molecule has 4 rings (SSSR count). The molecule has 0 saturated heterocycles. The Labute approximate surface area is 139 Å². The highest BCUT2D eigenvalue weighted by atomic mass is 16.2. The fourth-order valence-electron chi connectivity index (χ4n) is 3.05. The van der Waals surface area contributed by atoms with Crippen LogP contribution >= 0.6 is 0 Å². The van der Waals surface area contributed by atoms with E-state index in [-0.39, 0.29) is 11.8 Å². The first-order valence-electron chi connectivity index (χ1n) is 7.89. The lowest BCUT2D eigenvalue weighted by atomic mass is 10.0. The minimum Gasteiger partial charge on any atom is -0.340 e. The highest BCUT2D eigenvalue weighted by molar-refractivity contribution is 6.12. The Morgan fingerprint density at radius 2 is 1.50 bits per heavy atom. The van der Waals surface area contributed by atoms with Crippen LogP contribution in [-0.2, 0) is 11.2 Å². The third kappa shape index (κ3) is 2.63. The number of nitrogens with one attached hydrogen (secondary N) is 2. The van der Waals surface area contributed by atoms with Gasteiger partial charge in [-0.05, 0) is 28.5 Å². The lowest BCUT2D eigenvalue weighted by Crippen LogP contribution is -2.42. The van der Waals surface area contributed by atoms with Gasteiger partial charge in [-0.3, -0.25) is 9.59 Å². The van der Waals surface area contributed by atoms with Crippen molar-refractivity contribution < 1.29 is 9.59 Å². The maximum atomic E-state index is 12.6. The van der Waals surface area contributed by atoms with E-state index in [2.05, 4.69) is 10.6 Å². The van der Waals surface area contributed by atoms with Gasteiger partial charge in [0, 0.05) is 6.42 Å². The number of amides is 2. The van der Waals surface area contributed by atoms with Gasteiger partial charge in [-0.2, -0.15) is 0 Å². The Hall–Kier alpha value is -3.14. The van der Waals surface area contributed by atoms with Crippen molar-refractivity contribution in [1.29, 1.82) is 0 Å². The molecule has 1 unspecified atom stereocenters. The minimum absolute atomic E-state index is 0.193. The van der Waals surface area contributed by atoms with E-state index in [0.717, 1.165) is 16.3 Å². The van der Waals surface area contributed by atoms with Crippen LogP contribution < -0.4 is 10.6 Å². The van der Waals surface area contributed by atoms with Crippen LogP contribution in [0, 0.1) is 0 Å². The Morgan fingerprint density at radius 3 is 2.25 bits per heavy atom. The fraction of sp³-hybridized carbons (Fsp3) is 0.100. The molecule has 0 aromatic heterocycles. The molecule has 2 amide bonds. The maximum absolute atomic E-state index is 12.6. The predicted octanol–water partition coefficient (Wildman–Crippen LogP) is 3.13. The van der Waals surface area contributed by atoms with Crippen LogP contribution in [-0.4, -0.2) is 17.9 Å². The molecular weight excluding hydrogens is 300 g/mol. The first-order chi connectivity index (χ1) is 11.7. The predicted molar refractivity (Wildman–Crippen MR) is 94.0 cm³/mol. The summed E-state index contributed by atoms with van der Waals surface area (Å²) in [5.41, 5.74) is 2.07. The standard InChI is InChI=1S/C20H16N2O2/c23-19-16-11-14-8-4-5-9-15(14)12-17(16)21-20(24)18(22-19)10-13-6-2-1-3-7-13/h1-9,11-12,18H,10H2,(H,21,24)(H,22,23). The van der Waals surface area contributed by atoms with Crippen LogP contribution in [0.2, 0.25) is 0 Å². The molecule has 1 heterocycles. The average Bonchev–Trinajstić information content (AvgIpc) is 2.71. The number of rotatable bonds is 2. The smallest absolute Gasteiger partial charge is 0.254 e. The molecule has 0 saturated carbocycles. The molecule has 4 heteroatoms. The molecule has 24 heavy (non-hydrogen) atoms. The van der Waals surface area contributed by atoms with Crippen molar-refractivity contribution >= 4 is 28.3 Å². The molecule has 0 radical (unpaired) electrons. The van der Waals surface area contributed by atoms with Gasteiger partial charge >= 0.3 is 0 Å². The quantitative estimate of drug-likeness (QED) is 0.763. The Bertz CT molecular complexity index is 935. The minimum atomic E-state index is -0.588. The number of benzene rings is 3. The van der Waals surface area contributed by atoms with Crippen molar-refractivity contribution in [3.8, 4) is 0 Å². The SMILES string of the molecule is O=C1NC(Cc2ccccc2)C(=O)Nc2cc3ccccc3cc21. The molecule has 118 valence electrons. The Kier molecular flexibility index (Phi) is 3.50. The van der Waals surface area contributed by atoms with E-state index >= 15 is 0 Å². The molecule has 0 bridgehead atoms. The number of carbonyl (C=O) groups excluding carboxylic acids is 2. The van der Waals surface area contributed by atoms with Crippen LogP contribution in [0.4, 0.5) is 5.69 Å². The van der Waals surface area contributed by atoms with E-state index in [4.69, 9.17) is 0 Å². The molecular formula is C20H16N2O2. The van der Waals surface area contributed by atoms with Crippen molar-refractivity contribution in [1.82, 2.24) is 5.32 Å². The van der Waals surface area contributed by atoms with Gasteiger partial charge in [-0.1, -0.05) is 54.6 Å². The second-order valence-electron chi connectivity index (χ2n) is 5.95.